The molecule has 2 atom stereocenters. The van der Waals surface area contributed by atoms with Crippen LogP contribution in [0.3, 0.4) is 0 Å². The molecule has 2 amide bonds. The Balaban J connectivity index is 1.28. The molecule has 4 aromatic carbocycles. The summed E-state index contributed by atoms with van der Waals surface area (Å²) in [6.07, 6.45) is -5.39. The number of alkyl halides is 6. The topological polar surface area (TPSA) is 154 Å². The highest BCUT2D eigenvalue weighted by atomic mass is 32.2. The van der Waals surface area contributed by atoms with E-state index in [4.69, 9.17) is 29.0 Å². The maximum atomic E-state index is 15.9. The summed E-state index contributed by atoms with van der Waals surface area (Å²) in [5.41, 5.74) is -2.57. The summed E-state index contributed by atoms with van der Waals surface area (Å²) in [6.45, 7) is 1.24. The molecule has 0 bridgehead atoms. The second kappa shape index (κ2) is 20.7. The number of piperazine rings is 2. The fourth-order valence-electron chi connectivity index (χ4n) is 8.63. The fraction of sp³-hybridized carbons (Fsp3) is 0.333. The molecule has 0 aliphatic carbocycles. The molecule has 0 spiro atoms. The van der Waals surface area contributed by atoms with Gasteiger partial charge >= 0.3 is 24.3 Å². The van der Waals surface area contributed by atoms with Gasteiger partial charge in [-0.05, 0) is 70.8 Å². The zero-order valence-corrected chi connectivity index (χ0v) is 37.8. The van der Waals surface area contributed by atoms with Crippen LogP contribution in [0.4, 0.5) is 26.3 Å². The van der Waals surface area contributed by atoms with E-state index in [9.17, 15) is 19.2 Å². The first-order chi connectivity index (χ1) is 33.1. The second-order valence-electron chi connectivity index (χ2n) is 16.1. The average Bonchev–Trinajstić information content (AvgIpc) is 3.35. The first kappa shape index (κ1) is 49.0. The molecular formula is C48H44F6N4O10S. The van der Waals surface area contributed by atoms with Crippen molar-refractivity contribution in [2.75, 3.05) is 66.7 Å². The normalized spacial score (nSPS) is 18.6. The Labute approximate surface area is 395 Å². The number of carbonyl (C=O) groups is 4. The van der Waals surface area contributed by atoms with E-state index < -0.39 is 80.2 Å². The van der Waals surface area contributed by atoms with Gasteiger partial charge < -0.3 is 39.7 Å². The predicted molar refractivity (Wildman–Crippen MR) is 237 cm³/mol. The number of benzene rings is 4. The minimum Gasteiger partial charge on any atom is -0.467 e. The zero-order chi connectivity index (χ0) is 49.0. The van der Waals surface area contributed by atoms with Crippen LogP contribution in [0, 0.1) is 0 Å². The Morgan fingerprint density at radius 1 is 0.638 bits per heavy atom. The van der Waals surface area contributed by atoms with Crippen molar-refractivity contribution in [2.45, 2.75) is 47.1 Å². The van der Waals surface area contributed by atoms with E-state index in [1.807, 2.05) is 0 Å². The van der Waals surface area contributed by atoms with Crippen molar-refractivity contribution in [1.82, 2.24) is 20.4 Å². The van der Waals surface area contributed by atoms with E-state index in [0.717, 1.165) is 24.3 Å². The molecule has 4 aliphatic rings. The highest BCUT2D eigenvalue weighted by Gasteiger charge is 2.42. The molecule has 0 saturated carbocycles. The largest absolute Gasteiger partial charge is 0.467 e. The lowest BCUT2D eigenvalue weighted by atomic mass is 9.91. The van der Waals surface area contributed by atoms with Crippen molar-refractivity contribution >= 4 is 47.7 Å². The Morgan fingerprint density at radius 3 is 1.45 bits per heavy atom. The van der Waals surface area contributed by atoms with E-state index in [1.54, 1.807) is 0 Å². The maximum Gasteiger partial charge on any atom is 0.418 e. The summed E-state index contributed by atoms with van der Waals surface area (Å²) in [7, 11) is 2.33. The van der Waals surface area contributed by atoms with Gasteiger partial charge in [-0.25, -0.2) is 9.59 Å². The van der Waals surface area contributed by atoms with Crippen molar-refractivity contribution in [3.05, 3.63) is 106 Å². The quantitative estimate of drug-likeness (QED) is 0.0733. The first-order valence-electron chi connectivity index (χ1n) is 21.6. The Kier molecular flexibility index (Phi) is 14.7. The molecular weight excluding hydrogens is 939 g/mol. The van der Waals surface area contributed by atoms with Crippen molar-refractivity contribution in [2.24, 2.45) is 0 Å². The lowest BCUT2D eigenvalue weighted by Gasteiger charge is -2.33. The van der Waals surface area contributed by atoms with Crippen LogP contribution in [0.1, 0.15) is 33.4 Å². The number of esters is 2. The van der Waals surface area contributed by atoms with E-state index in [2.05, 4.69) is 10.6 Å². The Hall–Kier alpha value is -6.39. The summed E-state index contributed by atoms with van der Waals surface area (Å²) in [5, 5.41) is 6.01. The molecule has 2 saturated heterocycles. The molecule has 2 fully saturated rings. The number of halogens is 6. The molecule has 14 nitrogen and oxygen atoms in total. The minimum atomic E-state index is -5.19. The molecule has 0 radical (unpaired) electrons. The molecule has 2 N–H and O–H groups in total. The van der Waals surface area contributed by atoms with Gasteiger partial charge in [0.15, 0.2) is 11.5 Å². The highest BCUT2D eigenvalue weighted by Crippen LogP contribution is 2.52. The predicted octanol–water partition coefficient (Wildman–Crippen LogP) is 6.92. The van der Waals surface area contributed by atoms with E-state index in [-0.39, 0.29) is 97.7 Å². The van der Waals surface area contributed by atoms with Gasteiger partial charge in [-0.2, -0.15) is 36.1 Å². The van der Waals surface area contributed by atoms with Gasteiger partial charge in [0, 0.05) is 96.3 Å². The number of methoxy groups -OCH3 is 2. The highest BCUT2D eigenvalue weighted by molar-refractivity contribution is 7.99. The number of rotatable bonds is 10. The van der Waals surface area contributed by atoms with Crippen LogP contribution in [-0.4, -0.2) is 112 Å². The standard InChI is InChI=1S/C48H44F6N4O10S/c1-63-45(61)33-25-55-17-19-57(33)39(59)13-7-27-5-11-37(43(47(49,50)51)41(27)31-3-9-35-29(23-31)15-21-65-67-35)69-38-12-6-28(8-14-40(60)58-20-18-56-26-34(58)46(62)64-2)42(44(38)48(52,53)54)32-4-10-36-30(24-32)16-22-66-68-36/h3-14,23-24,33-34,55-56H,15-22,25-26H2,1-2H3/b13-7+,14-8+. The third-order valence-corrected chi connectivity index (χ3v) is 13.0. The molecule has 2 unspecified atom stereocenters. The van der Waals surface area contributed by atoms with Crippen molar-refractivity contribution in [3.8, 4) is 33.8 Å². The molecule has 0 aromatic heterocycles. The Bertz CT molecular complexity index is 2530. The fourth-order valence-corrected chi connectivity index (χ4v) is 9.78. The third kappa shape index (κ3) is 10.6. The number of fused-ring (bicyclic) bond motifs is 2. The maximum absolute atomic E-state index is 15.9. The van der Waals surface area contributed by atoms with Crippen LogP contribution in [-0.2, 0) is 63.6 Å². The molecule has 8 rings (SSSR count). The number of ether oxygens (including phenoxy) is 2. The second-order valence-corrected chi connectivity index (χ2v) is 17.2. The summed E-state index contributed by atoms with van der Waals surface area (Å²) < 4.78 is 105. The van der Waals surface area contributed by atoms with Gasteiger partial charge in [0.25, 0.3) is 0 Å². The number of amides is 2. The van der Waals surface area contributed by atoms with Crippen LogP contribution in [0.25, 0.3) is 34.4 Å². The SMILES string of the molecule is COC(=O)C1CNCCN1C(=O)/C=C/c1ccc(Sc2ccc(/C=C/C(=O)N3CCNCC3C(=O)OC)c(-c3ccc4c(c3)CCOO4)c2C(F)(F)F)c(C(F)(F)F)c1-c1ccc2c(c1)CCOO2. The van der Waals surface area contributed by atoms with Gasteiger partial charge in [0.2, 0.25) is 11.8 Å². The lowest BCUT2D eigenvalue weighted by molar-refractivity contribution is -0.215. The minimum absolute atomic E-state index is 0.0248. The number of nitrogens with zero attached hydrogens (tertiary/aromatic N) is 2. The summed E-state index contributed by atoms with van der Waals surface area (Å²) in [6, 6.07) is 11.2. The number of hydrogen-bond acceptors (Lipinski definition) is 13. The van der Waals surface area contributed by atoms with Gasteiger partial charge in [-0.1, -0.05) is 36.0 Å². The zero-order valence-electron chi connectivity index (χ0n) is 37.0. The van der Waals surface area contributed by atoms with Crippen molar-refractivity contribution in [1.29, 1.82) is 0 Å². The summed E-state index contributed by atoms with van der Waals surface area (Å²) >= 11 is 0.249. The van der Waals surface area contributed by atoms with Gasteiger partial charge in [0.05, 0.1) is 38.6 Å². The van der Waals surface area contributed by atoms with E-state index in [1.165, 1.54) is 84.7 Å². The average molecular weight is 983 g/mol. The Morgan fingerprint density at radius 2 is 1.06 bits per heavy atom. The number of hydrogen-bond donors (Lipinski definition) is 2. The van der Waals surface area contributed by atoms with Crippen LogP contribution in [0.15, 0.2) is 82.6 Å². The van der Waals surface area contributed by atoms with Gasteiger partial charge in [-0.15, -0.1) is 0 Å². The molecule has 4 aromatic rings. The smallest absolute Gasteiger partial charge is 0.418 e. The van der Waals surface area contributed by atoms with Crippen LogP contribution in [0.2, 0.25) is 0 Å². The van der Waals surface area contributed by atoms with E-state index >= 15 is 26.3 Å². The molecule has 4 heterocycles. The number of nitrogens with one attached hydrogen (secondary N) is 2. The summed E-state index contributed by atoms with van der Waals surface area (Å²) in [4.78, 5) is 74.2. The van der Waals surface area contributed by atoms with Crippen LogP contribution < -0.4 is 20.4 Å². The lowest BCUT2D eigenvalue weighted by Crippen LogP contribution is -2.56. The van der Waals surface area contributed by atoms with Gasteiger partial charge in [0.1, 0.15) is 12.1 Å². The van der Waals surface area contributed by atoms with Crippen LogP contribution in [0.5, 0.6) is 11.5 Å². The molecule has 4 aliphatic heterocycles. The van der Waals surface area contributed by atoms with Crippen molar-refractivity contribution in [3.63, 3.8) is 0 Å². The molecule has 21 heteroatoms. The molecule has 69 heavy (non-hydrogen) atoms. The molecule has 364 valence electrons. The van der Waals surface area contributed by atoms with Crippen LogP contribution >= 0.6 is 11.8 Å². The monoisotopic (exact) mass is 982 g/mol. The van der Waals surface area contributed by atoms with Gasteiger partial charge in [-0.3, -0.25) is 9.59 Å². The van der Waals surface area contributed by atoms with E-state index in [0.29, 0.717) is 24.2 Å². The first-order valence-corrected chi connectivity index (χ1v) is 22.4. The third-order valence-electron chi connectivity index (χ3n) is 11.9. The summed E-state index contributed by atoms with van der Waals surface area (Å²) in [5.74, 6) is -2.22. The van der Waals surface area contributed by atoms with Crippen molar-refractivity contribution < 1.29 is 74.5 Å². The number of carbonyl (C=O) groups excluding carboxylic acids is 4.